The molecule has 2 rings (SSSR count). The minimum atomic E-state index is 0.119. The van der Waals surface area contributed by atoms with Crippen molar-refractivity contribution in [1.29, 1.82) is 0 Å². The van der Waals surface area contributed by atoms with Crippen LogP contribution in [0, 0.1) is 0 Å². The molecule has 0 heterocycles. The molecule has 1 aromatic carbocycles. The van der Waals surface area contributed by atoms with Gasteiger partial charge in [0, 0.05) is 6.42 Å². The molecule has 1 N–H and O–H groups in total. The zero-order chi connectivity index (χ0) is 10.8. The van der Waals surface area contributed by atoms with Gasteiger partial charge in [-0.2, -0.15) is 0 Å². The third kappa shape index (κ3) is 1.89. The van der Waals surface area contributed by atoms with Crippen LogP contribution in [0.3, 0.4) is 0 Å². The second-order valence-corrected chi connectivity index (χ2v) is 4.34. The minimum Gasteiger partial charge on any atom is -0.508 e. The van der Waals surface area contributed by atoms with Crippen LogP contribution >= 0.6 is 0 Å². The first-order chi connectivity index (χ1) is 7.22. The monoisotopic (exact) mass is 204 g/mol. The van der Waals surface area contributed by atoms with Crippen LogP contribution in [0.25, 0.3) is 0 Å². The smallest absolute Gasteiger partial charge is 0.120 e. The van der Waals surface area contributed by atoms with Gasteiger partial charge in [0.1, 0.15) is 12.0 Å². The first kappa shape index (κ1) is 10.2. The van der Waals surface area contributed by atoms with Crippen molar-refractivity contribution in [3.63, 3.8) is 0 Å². The summed E-state index contributed by atoms with van der Waals surface area (Å²) >= 11 is 0. The zero-order valence-corrected chi connectivity index (χ0v) is 8.99. The van der Waals surface area contributed by atoms with Crippen LogP contribution in [-0.2, 0) is 17.6 Å². The van der Waals surface area contributed by atoms with Gasteiger partial charge in [-0.15, -0.1) is 0 Å². The van der Waals surface area contributed by atoms with Gasteiger partial charge in [0.15, 0.2) is 0 Å². The summed E-state index contributed by atoms with van der Waals surface area (Å²) in [5, 5.41) is 9.86. The lowest BCUT2D eigenvalue weighted by Crippen LogP contribution is -1.97. The summed E-state index contributed by atoms with van der Waals surface area (Å²) < 4.78 is 0. The predicted molar refractivity (Wildman–Crippen MR) is 59.2 cm³/mol. The van der Waals surface area contributed by atoms with Gasteiger partial charge in [-0.1, -0.05) is 13.0 Å². The summed E-state index contributed by atoms with van der Waals surface area (Å²) in [5.41, 5.74) is 3.54. The Labute approximate surface area is 89.9 Å². The largest absolute Gasteiger partial charge is 0.508 e. The van der Waals surface area contributed by atoms with Crippen molar-refractivity contribution < 1.29 is 9.90 Å². The standard InChI is InChI=1S/C13H16O2/c1-9(5-6-14)12-7-10-3-2-4-11(10)8-13(12)15/h6-9,15H,2-5H2,1H3. The zero-order valence-electron chi connectivity index (χ0n) is 8.99. The Balaban J connectivity index is 2.35. The number of hydrogen-bond donors (Lipinski definition) is 1. The molecule has 1 aliphatic rings. The van der Waals surface area contributed by atoms with Gasteiger partial charge in [0.05, 0.1) is 0 Å². The number of aldehydes is 1. The van der Waals surface area contributed by atoms with E-state index in [4.69, 9.17) is 0 Å². The quantitative estimate of drug-likeness (QED) is 0.768. The van der Waals surface area contributed by atoms with Crippen LogP contribution < -0.4 is 0 Å². The number of fused-ring (bicyclic) bond motifs is 1. The van der Waals surface area contributed by atoms with E-state index in [-0.39, 0.29) is 5.92 Å². The molecule has 1 atom stereocenters. The van der Waals surface area contributed by atoms with Gasteiger partial charge >= 0.3 is 0 Å². The van der Waals surface area contributed by atoms with E-state index >= 15 is 0 Å². The topological polar surface area (TPSA) is 37.3 Å². The number of benzene rings is 1. The number of rotatable bonds is 3. The lowest BCUT2D eigenvalue weighted by Gasteiger charge is -2.12. The third-order valence-corrected chi connectivity index (χ3v) is 3.22. The van der Waals surface area contributed by atoms with E-state index in [9.17, 15) is 9.90 Å². The predicted octanol–water partition coefficient (Wildman–Crippen LogP) is 2.57. The number of aromatic hydroxyl groups is 1. The average Bonchev–Trinajstić information content (AvgIpc) is 2.63. The van der Waals surface area contributed by atoms with E-state index in [1.807, 2.05) is 13.0 Å². The van der Waals surface area contributed by atoms with Crippen molar-refractivity contribution in [2.24, 2.45) is 0 Å². The molecule has 15 heavy (non-hydrogen) atoms. The molecule has 1 aliphatic carbocycles. The van der Waals surface area contributed by atoms with Crippen LogP contribution in [0.2, 0.25) is 0 Å². The summed E-state index contributed by atoms with van der Waals surface area (Å²) in [4.78, 5) is 10.5. The second kappa shape index (κ2) is 4.05. The van der Waals surface area contributed by atoms with Crippen LogP contribution in [-0.4, -0.2) is 11.4 Å². The number of aryl methyl sites for hydroxylation is 2. The van der Waals surface area contributed by atoms with E-state index in [2.05, 4.69) is 6.07 Å². The average molecular weight is 204 g/mol. The molecule has 0 saturated heterocycles. The molecule has 0 amide bonds. The van der Waals surface area contributed by atoms with Crippen LogP contribution in [0.5, 0.6) is 5.75 Å². The fourth-order valence-corrected chi connectivity index (χ4v) is 2.30. The normalized spacial score (nSPS) is 16.1. The molecular weight excluding hydrogens is 188 g/mol. The van der Waals surface area contributed by atoms with Crippen molar-refractivity contribution in [2.75, 3.05) is 0 Å². The van der Waals surface area contributed by atoms with E-state index in [0.29, 0.717) is 12.2 Å². The highest BCUT2D eigenvalue weighted by molar-refractivity contribution is 5.54. The fraction of sp³-hybridized carbons (Fsp3) is 0.462. The fourth-order valence-electron chi connectivity index (χ4n) is 2.30. The summed E-state index contributed by atoms with van der Waals surface area (Å²) in [6.07, 6.45) is 4.76. The van der Waals surface area contributed by atoms with Gasteiger partial charge in [-0.05, 0) is 47.9 Å². The molecule has 0 aliphatic heterocycles. The Bertz CT molecular complexity index is 382. The van der Waals surface area contributed by atoms with Gasteiger partial charge < -0.3 is 9.90 Å². The number of phenols is 1. The Hall–Kier alpha value is -1.31. The first-order valence-corrected chi connectivity index (χ1v) is 5.50. The minimum absolute atomic E-state index is 0.119. The lowest BCUT2D eigenvalue weighted by atomic mass is 9.94. The SMILES string of the molecule is CC(CC=O)c1cc2c(cc1O)CCC2. The van der Waals surface area contributed by atoms with Crippen LogP contribution in [0.15, 0.2) is 12.1 Å². The maximum absolute atomic E-state index is 10.5. The Morgan fingerprint density at radius 2 is 2.07 bits per heavy atom. The number of phenolic OH excluding ortho intramolecular Hbond substituents is 1. The van der Waals surface area contributed by atoms with Gasteiger partial charge in [-0.3, -0.25) is 0 Å². The van der Waals surface area contributed by atoms with Crippen LogP contribution in [0.1, 0.15) is 42.4 Å². The molecule has 0 radical (unpaired) electrons. The molecular formula is C13H16O2. The van der Waals surface area contributed by atoms with Crippen molar-refractivity contribution in [3.05, 3.63) is 28.8 Å². The number of carbonyl (C=O) groups excluding carboxylic acids is 1. The molecule has 80 valence electrons. The van der Waals surface area contributed by atoms with Crippen LogP contribution in [0.4, 0.5) is 0 Å². The summed E-state index contributed by atoms with van der Waals surface area (Å²) in [7, 11) is 0. The maximum atomic E-state index is 10.5. The van der Waals surface area contributed by atoms with Crippen molar-refractivity contribution in [2.45, 2.75) is 38.5 Å². The summed E-state index contributed by atoms with van der Waals surface area (Å²) in [6, 6.07) is 3.95. The van der Waals surface area contributed by atoms with Crippen molar-refractivity contribution in [3.8, 4) is 5.75 Å². The van der Waals surface area contributed by atoms with E-state index < -0.39 is 0 Å². The Morgan fingerprint density at radius 1 is 1.40 bits per heavy atom. The molecule has 2 nitrogen and oxygen atoms in total. The maximum Gasteiger partial charge on any atom is 0.120 e. The molecule has 1 aromatic rings. The molecule has 0 aromatic heterocycles. The highest BCUT2D eigenvalue weighted by Gasteiger charge is 2.17. The van der Waals surface area contributed by atoms with Crippen molar-refractivity contribution in [1.82, 2.24) is 0 Å². The van der Waals surface area contributed by atoms with Gasteiger partial charge in [-0.25, -0.2) is 0 Å². The van der Waals surface area contributed by atoms with Crippen molar-refractivity contribution >= 4 is 6.29 Å². The molecule has 0 saturated carbocycles. The van der Waals surface area contributed by atoms with Gasteiger partial charge in [0.25, 0.3) is 0 Å². The van der Waals surface area contributed by atoms with E-state index in [1.54, 1.807) is 0 Å². The molecule has 2 heteroatoms. The van der Waals surface area contributed by atoms with E-state index in [1.165, 1.54) is 17.5 Å². The molecule has 1 unspecified atom stereocenters. The highest BCUT2D eigenvalue weighted by Crippen LogP contribution is 2.34. The highest BCUT2D eigenvalue weighted by atomic mass is 16.3. The number of carbonyl (C=O) groups is 1. The summed E-state index contributed by atoms with van der Waals surface area (Å²) in [6.45, 7) is 1.98. The second-order valence-electron chi connectivity index (χ2n) is 4.34. The molecule has 0 fully saturated rings. The molecule has 0 bridgehead atoms. The Kier molecular flexibility index (Phi) is 2.76. The first-order valence-electron chi connectivity index (χ1n) is 5.50. The van der Waals surface area contributed by atoms with E-state index in [0.717, 1.165) is 24.7 Å². The number of hydrogen-bond acceptors (Lipinski definition) is 2. The summed E-state index contributed by atoms with van der Waals surface area (Å²) in [5.74, 6) is 0.471. The Morgan fingerprint density at radius 3 is 2.73 bits per heavy atom. The van der Waals surface area contributed by atoms with Gasteiger partial charge in [0.2, 0.25) is 0 Å². The lowest BCUT2D eigenvalue weighted by molar-refractivity contribution is -0.108. The molecule has 0 spiro atoms. The third-order valence-electron chi connectivity index (χ3n) is 3.22.